The molecule has 2 aromatic rings. The molecule has 1 amide bonds. The summed E-state index contributed by atoms with van der Waals surface area (Å²) in [6.45, 7) is 7.05. The molecule has 0 bridgehead atoms. The van der Waals surface area contributed by atoms with Crippen molar-refractivity contribution in [3.63, 3.8) is 0 Å². The van der Waals surface area contributed by atoms with Crippen molar-refractivity contribution < 1.29 is 14.3 Å². The summed E-state index contributed by atoms with van der Waals surface area (Å²) >= 11 is 0. The van der Waals surface area contributed by atoms with Crippen molar-refractivity contribution in [3.8, 4) is 0 Å². The third kappa shape index (κ3) is 2.54. The Kier molecular flexibility index (Phi) is 3.84. The predicted molar refractivity (Wildman–Crippen MR) is 77.6 cm³/mol. The third-order valence-corrected chi connectivity index (χ3v) is 3.42. The van der Waals surface area contributed by atoms with E-state index in [0.717, 1.165) is 5.69 Å². The van der Waals surface area contributed by atoms with Gasteiger partial charge in [0.25, 0.3) is 5.91 Å². The van der Waals surface area contributed by atoms with Crippen LogP contribution < -0.4 is 5.32 Å². The smallest absolute Gasteiger partial charge is 0.339 e. The molecule has 0 unspecified atom stereocenters. The molecule has 0 aliphatic carbocycles. The highest BCUT2D eigenvalue weighted by molar-refractivity contribution is 6.07. The zero-order chi connectivity index (χ0) is 15.7. The highest BCUT2D eigenvalue weighted by Gasteiger charge is 2.23. The van der Waals surface area contributed by atoms with E-state index in [1.165, 1.54) is 7.11 Å². The highest BCUT2D eigenvalue weighted by atomic mass is 16.5. The van der Waals surface area contributed by atoms with E-state index in [9.17, 15) is 9.59 Å². The molecule has 2 rings (SSSR count). The van der Waals surface area contributed by atoms with Gasteiger partial charge in [0.15, 0.2) is 0 Å². The van der Waals surface area contributed by atoms with Crippen molar-refractivity contribution in [1.82, 2.24) is 15.2 Å². The number of anilines is 1. The Morgan fingerprint density at radius 2 is 1.81 bits per heavy atom. The van der Waals surface area contributed by atoms with Gasteiger partial charge in [-0.3, -0.25) is 9.89 Å². The van der Waals surface area contributed by atoms with E-state index >= 15 is 0 Å². The second-order valence-electron chi connectivity index (χ2n) is 4.88. The lowest BCUT2D eigenvalue weighted by Gasteiger charge is -2.05. The topological polar surface area (TPSA) is 99.9 Å². The van der Waals surface area contributed by atoms with Crippen LogP contribution in [0.25, 0.3) is 0 Å². The van der Waals surface area contributed by atoms with Gasteiger partial charge in [-0.2, -0.15) is 5.10 Å². The van der Waals surface area contributed by atoms with Crippen LogP contribution in [0, 0.1) is 27.7 Å². The normalized spacial score (nSPS) is 10.5. The van der Waals surface area contributed by atoms with Crippen LogP contribution in [0.4, 0.5) is 5.69 Å². The molecule has 0 saturated heterocycles. The van der Waals surface area contributed by atoms with Gasteiger partial charge in [0.05, 0.1) is 29.7 Å². The molecule has 0 atom stereocenters. The number of aromatic amines is 2. The van der Waals surface area contributed by atoms with Gasteiger partial charge in [-0.05, 0) is 33.3 Å². The minimum atomic E-state index is -0.462. The fourth-order valence-corrected chi connectivity index (χ4v) is 2.30. The molecular formula is C14H18N4O3. The quantitative estimate of drug-likeness (QED) is 0.753. The van der Waals surface area contributed by atoms with E-state index in [-0.39, 0.29) is 5.91 Å². The standard InChI is InChI=1S/C14H18N4O3/c1-6-10(14(20)21-5)7(2)15-11(6)13(19)16-12-8(3)17-18-9(12)4/h15H,1-5H3,(H,16,19)(H,17,18). The van der Waals surface area contributed by atoms with Crippen LogP contribution in [0.5, 0.6) is 0 Å². The molecule has 0 aliphatic heterocycles. The van der Waals surface area contributed by atoms with Gasteiger partial charge in [-0.1, -0.05) is 0 Å². The minimum absolute atomic E-state index is 0.321. The summed E-state index contributed by atoms with van der Waals surface area (Å²) in [5.74, 6) is -0.783. The molecule has 7 heteroatoms. The van der Waals surface area contributed by atoms with E-state index in [1.807, 2.05) is 6.92 Å². The van der Waals surface area contributed by atoms with E-state index in [2.05, 4.69) is 20.5 Å². The first-order valence-corrected chi connectivity index (χ1v) is 6.47. The number of carbonyl (C=O) groups excluding carboxylic acids is 2. The van der Waals surface area contributed by atoms with Gasteiger partial charge in [0.1, 0.15) is 5.69 Å². The Hall–Kier alpha value is -2.57. The fourth-order valence-electron chi connectivity index (χ4n) is 2.30. The van der Waals surface area contributed by atoms with E-state index in [1.54, 1.807) is 20.8 Å². The Balaban J connectivity index is 2.35. The van der Waals surface area contributed by atoms with E-state index < -0.39 is 5.97 Å². The maximum atomic E-state index is 12.4. The molecule has 2 heterocycles. The lowest BCUT2D eigenvalue weighted by Crippen LogP contribution is -2.15. The molecule has 0 aromatic carbocycles. The summed E-state index contributed by atoms with van der Waals surface area (Å²) in [4.78, 5) is 27.0. The summed E-state index contributed by atoms with van der Waals surface area (Å²) in [6, 6.07) is 0. The maximum absolute atomic E-state index is 12.4. The van der Waals surface area contributed by atoms with E-state index in [4.69, 9.17) is 4.74 Å². The molecule has 0 aliphatic rings. The largest absolute Gasteiger partial charge is 0.465 e. The highest BCUT2D eigenvalue weighted by Crippen LogP contribution is 2.22. The van der Waals surface area contributed by atoms with Gasteiger partial charge in [-0.25, -0.2) is 4.79 Å². The van der Waals surface area contributed by atoms with Crippen molar-refractivity contribution in [2.24, 2.45) is 0 Å². The van der Waals surface area contributed by atoms with Crippen molar-refractivity contribution in [1.29, 1.82) is 0 Å². The van der Waals surface area contributed by atoms with Gasteiger partial charge in [0.2, 0.25) is 0 Å². The van der Waals surface area contributed by atoms with Crippen LogP contribution in [-0.2, 0) is 4.74 Å². The molecule has 21 heavy (non-hydrogen) atoms. The van der Waals surface area contributed by atoms with Gasteiger partial charge in [-0.15, -0.1) is 0 Å². The number of esters is 1. The van der Waals surface area contributed by atoms with Crippen LogP contribution in [0.2, 0.25) is 0 Å². The molecule has 0 radical (unpaired) electrons. The number of methoxy groups -OCH3 is 1. The lowest BCUT2D eigenvalue weighted by atomic mass is 10.1. The molecule has 0 saturated carbocycles. The Bertz CT molecular complexity index is 693. The summed E-state index contributed by atoms with van der Waals surface area (Å²) in [6.07, 6.45) is 0. The summed E-state index contributed by atoms with van der Waals surface area (Å²) in [5, 5.41) is 9.63. The summed E-state index contributed by atoms with van der Waals surface area (Å²) in [5.41, 5.74) is 4.02. The van der Waals surface area contributed by atoms with Crippen LogP contribution >= 0.6 is 0 Å². The molecule has 112 valence electrons. The molecule has 3 N–H and O–H groups in total. The zero-order valence-electron chi connectivity index (χ0n) is 12.7. The first kappa shape index (κ1) is 14.8. The summed E-state index contributed by atoms with van der Waals surface area (Å²) in [7, 11) is 1.31. The van der Waals surface area contributed by atoms with Crippen molar-refractivity contribution in [2.45, 2.75) is 27.7 Å². The van der Waals surface area contributed by atoms with Crippen molar-refractivity contribution >= 4 is 17.6 Å². The van der Waals surface area contributed by atoms with Crippen molar-refractivity contribution in [3.05, 3.63) is 33.9 Å². The number of aromatic nitrogens is 3. The van der Waals surface area contributed by atoms with Crippen molar-refractivity contribution in [2.75, 3.05) is 12.4 Å². The number of ether oxygens (including phenoxy) is 1. The Morgan fingerprint density at radius 1 is 1.14 bits per heavy atom. The monoisotopic (exact) mass is 290 g/mol. The zero-order valence-corrected chi connectivity index (χ0v) is 12.7. The van der Waals surface area contributed by atoms with Crippen LogP contribution in [0.15, 0.2) is 0 Å². The molecular weight excluding hydrogens is 272 g/mol. The van der Waals surface area contributed by atoms with Crippen LogP contribution in [0.1, 0.15) is 43.5 Å². The average molecular weight is 290 g/mol. The number of rotatable bonds is 3. The Morgan fingerprint density at radius 3 is 2.33 bits per heavy atom. The first-order chi connectivity index (χ1) is 9.86. The number of amides is 1. The maximum Gasteiger partial charge on any atom is 0.339 e. The number of nitrogens with one attached hydrogen (secondary N) is 3. The fraction of sp³-hybridized carbons (Fsp3) is 0.357. The average Bonchev–Trinajstić information content (AvgIpc) is 2.91. The molecule has 0 spiro atoms. The molecule has 7 nitrogen and oxygen atoms in total. The number of hydrogen-bond donors (Lipinski definition) is 3. The van der Waals surface area contributed by atoms with Gasteiger partial charge < -0.3 is 15.0 Å². The molecule has 0 fully saturated rings. The SMILES string of the molecule is COC(=O)c1c(C)[nH]c(C(=O)Nc2c(C)n[nH]c2C)c1C. The summed E-state index contributed by atoms with van der Waals surface area (Å²) < 4.78 is 4.73. The second kappa shape index (κ2) is 5.43. The number of H-pyrrole nitrogens is 2. The lowest BCUT2D eigenvalue weighted by molar-refractivity contribution is 0.0599. The molecule has 2 aromatic heterocycles. The second-order valence-corrected chi connectivity index (χ2v) is 4.88. The first-order valence-electron chi connectivity index (χ1n) is 6.47. The van der Waals surface area contributed by atoms with E-state index in [0.29, 0.717) is 33.9 Å². The number of carbonyl (C=O) groups is 2. The Labute approximate surface area is 122 Å². The van der Waals surface area contributed by atoms with Crippen LogP contribution in [0.3, 0.4) is 0 Å². The minimum Gasteiger partial charge on any atom is -0.465 e. The number of nitrogens with zero attached hydrogens (tertiary/aromatic N) is 1. The van der Waals surface area contributed by atoms with Crippen LogP contribution in [-0.4, -0.2) is 34.2 Å². The van der Waals surface area contributed by atoms with Gasteiger partial charge >= 0.3 is 5.97 Å². The van der Waals surface area contributed by atoms with Gasteiger partial charge in [0, 0.05) is 5.69 Å². The number of aryl methyl sites for hydroxylation is 3. The third-order valence-electron chi connectivity index (χ3n) is 3.42. The predicted octanol–water partition coefficient (Wildman–Crippen LogP) is 2.01. The number of hydrogen-bond acceptors (Lipinski definition) is 4.